The average molecular weight is 362 g/mol. The van der Waals surface area contributed by atoms with Gasteiger partial charge in [0.2, 0.25) is 0 Å². The molecule has 134 valence electrons. The Hall–Kier alpha value is -2.54. The summed E-state index contributed by atoms with van der Waals surface area (Å²) in [5.74, 6) is 0.349. The number of hydrogen-bond donors (Lipinski definition) is 1. The number of benzene rings is 2. The Morgan fingerprint density at radius 3 is 2.56 bits per heavy atom. The molecule has 0 atom stereocenters. The summed E-state index contributed by atoms with van der Waals surface area (Å²) in [5.41, 5.74) is 6.75. The molecule has 7 heteroatoms. The lowest BCUT2D eigenvalue weighted by atomic mass is 10.1. The molecule has 0 aliphatic heterocycles. The zero-order valence-corrected chi connectivity index (χ0v) is 15.1. The first kappa shape index (κ1) is 18.8. The van der Waals surface area contributed by atoms with Gasteiger partial charge in [-0.3, -0.25) is 4.79 Å². The second-order valence-corrected chi connectivity index (χ2v) is 7.78. The lowest BCUT2D eigenvalue weighted by molar-refractivity contribution is 0.0789. The van der Waals surface area contributed by atoms with Gasteiger partial charge in [0.25, 0.3) is 5.91 Å². The lowest BCUT2D eigenvalue weighted by Gasteiger charge is -2.18. The summed E-state index contributed by atoms with van der Waals surface area (Å²) in [6.07, 6.45) is 1.76. The number of hydrogen-bond acceptors (Lipinski definition) is 5. The molecule has 0 spiro atoms. The first-order valence-electron chi connectivity index (χ1n) is 7.82. The zero-order valence-electron chi connectivity index (χ0n) is 14.3. The number of sulfone groups is 1. The molecule has 0 saturated carbocycles. The largest absolute Gasteiger partial charge is 0.493 e. The summed E-state index contributed by atoms with van der Waals surface area (Å²) in [5, 5.41) is 0. The van der Waals surface area contributed by atoms with Crippen LogP contribution in [-0.4, -0.2) is 45.7 Å². The third kappa shape index (κ3) is 5.22. The Morgan fingerprint density at radius 1 is 1.16 bits per heavy atom. The van der Waals surface area contributed by atoms with E-state index in [9.17, 15) is 13.2 Å². The number of amides is 1. The number of nitrogens with zero attached hydrogens (tertiary/aromatic N) is 1. The van der Waals surface area contributed by atoms with Crippen molar-refractivity contribution in [2.24, 2.45) is 0 Å². The molecule has 0 aromatic heterocycles. The SMILES string of the molecule is CN(CCCOc1cccc(S(C)(=O)=O)c1)C(=O)c1ccccc1N. The fraction of sp³-hybridized carbons (Fsp3) is 0.278. The molecule has 2 N–H and O–H groups in total. The van der Waals surface area contributed by atoms with Gasteiger partial charge in [-0.1, -0.05) is 18.2 Å². The third-order valence-corrected chi connectivity index (χ3v) is 4.79. The quantitative estimate of drug-likeness (QED) is 0.602. The van der Waals surface area contributed by atoms with Gasteiger partial charge in [-0.2, -0.15) is 0 Å². The van der Waals surface area contributed by atoms with Crippen LogP contribution in [0.5, 0.6) is 5.75 Å². The second-order valence-electron chi connectivity index (χ2n) is 5.76. The fourth-order valence-electron chi connectivity index (χ4n) is 2.29. The van der Waals surface area contributed by atoms with Gasteiger partial charge >= 0.3 is 0 Å². The minimum absolute atomic E-state index is 0.142. The van der Waals surface area contributed by atoms with E-state index in [1.807, 2.05) is 0 Å². The van der Waals surface area contributed by atoms with Gasteiger partial charge < -0.3 is 15.4 Å². The summed E-state index contributed by atoms with van der Waals surface area (Å²) >= 11 is 0. The monoisotopic (exact) mass is 362 g/mol. The van der Waals surface area contributed by atoms with Gasteiger partial charge in [0.1, 0.15) is 5.75 Å². The average Bonchev–Trinajstić information content (AvgIpc) is 2.58. The van der Waals surface area contributed by atoms with Crippen LogP contribution in [-0.2, 0) is 9.84 Å². The molecule has 1 amide bonds. The molecular formula is C18H22N2O4S. The highest BCUT2D eigenvalue weighted by Gasteiger charge is 2.14. The number of nitrogens with two attached hydrogens (primary N) is 1. The molecule has 0 heterocycles. The van der Waals surface area contributed by atoms with Crippen molar-refractivity contribution in [2.45, 2.75) is 11.3 Å². The number of nitrogen functional groups attached to an aromatic ring is 1. The standard InChI is InChI=1S/C18H22N2O4S/c1-20(18(21)16-9-3-4-10-17(16)19)11-6-12-24-14-7-5-8-15(13-14)25(2,22)23/h3-5,7-10,13H,6,11-12,19H2,1-2H3. The molecule has 0 aliphatic carbocycles. The van der Waals surface area contributed by atoms with E-state index < -0.39 is 9.84 Å². The Labute approximate surface area is 148 Å². The molecule has 2 aromatic rings. The molecule has 0 bridgehead atoms. The van der Waals surface area contributed by atoms with E-state index in [2.05, 4.69) is 0 Å². The highest BCUT2D eigenvalue weighted by molar-refractivity contribution is 7.90. The topological polar surface area (TPSA) is 89.7 Å². The van der Waals surface area contributed by atoms with Crippen molar-refractivity contribution in [3.63, 3.8) is 0 Å². The lowest BCUT2D eigenvalue weighted by Crippen LogP contribution is -2.29. The van der Waals surface area contributed by atoms with Gasteiger partial charge in [0.05, 0.1) is 17.1 Å². The normalized spacial score (nSPS) is 11.1. The van der Waals surface area contributed by atoms with Gasteiger partial charge in [-0.15, -0.1) is 0 Å². The van der Waals surface area contributed by atoms with Crippen molar-refractivity contribution in [2.75, 3.05) is 32.2 Å². The van der Waals surface area contributed by atoms with Crippen LogP contribution >= 0.6 is 0 Å². The second kappa shape index (κ2) is 8.02. The van der Waals surface area contributed by atoms with E-state index in [0.29, 0.717) is 36.6 Å². The van der Waals surface area contributed by atoms with E-state index in [-0.39, 0.29) is 10.8 Å². The fourth-order valence-corrected chi connectivity index (χ4v) is 2.94. The van der Waals surface area contributed by atoms with Crippen molar-refractivity contribution in [1.29, 1.82) is 0 Å². The Kier molecular flexibility index (Phi) is 6.03. The maximum absolute atomic E-state index is 12.3. The number of para-hydroxylation sites is 1. The third-order valence-electron chi connectivity index (χ3n) is 3.68. The molecule has 0 radical (unpaired) electrons. The van der Waals surface area contributed by atoms with E-state index in [4.69, 9.17) is 10.5 Å². The van der Waals surface area contributed by atoms with Crippen LogP contribution in [0.3, 0.4) is 0 Å². The smallest absolute Gasteiger partial charge is 0.255 e. The maximum atomic E-state index is 12.3. The van der Waals surface area contributed by atoms with E-state index >= 15 is 0 Å². The van der Waals surface area contributed by atoms with E-state index in [0.717, 1.165) is 6.26 Å². The Balaban J connectivity index is 1.85. The number of carbonyl (C=O) groups is 1. The molecule has 25 heavy (non-hydrogen) atoms. The van der Waals surface area contributed by atoms with Gasteiger partial charge in [-0.25, -0.2) is 8.42 Å². The zero-order chi connectivity index (χ0) is 18.4. The van der Waals surface area contributed by atoms with E-state index in [1.54, 1.807) is 48.3 Å². The number of carbonyl (C=O) groups excluding carboxylic acids is 1. The van der Waals surface area contributed by atoms with Gasteiger partial charge in [0.15, 0.2) is 9.84 Å². The highest BCUT2D eigenvalue weighted by atomic mass is 32.2. The summed E-state index contributed by atoms with van der Waals surface area (Å²) in [6, 6.07) is 13.3. The van der Waals surface area contributed by atoms with Crippen LogP contribution in [0.25, 0.3) is 0 Å². The van der Waals surface area contributed by atoms with Gasteiger partial charge in [0, 0.05) is 25.5 Å². The summed E-state index contributed by atoms with van der Waals surface area (Å²) in [7, 11) is -1.55. The van der Waals surface area contributed by atoms with Gasteiger partial charge in [-0.05, 0) is 36.8 Å². The first-order chi connectivity index (χ1) is 11.8. The van der Waals surface area contributed by atoms with Crippen LogP contribution in [0.15, 0.2) is 53.4 Å². The van der Waals surface area contributed by atoms with Crippen molar-refractivity contribution in [3.05, 3.63) is 54.1 Å². The molecule has 2 rings (SSSR count). The predicted molar refractivity (Wildman–Crippen MR) is 97.5 cm³/mol. The molecule has 6 nitrogen and oxygen atoms in total. The molecule has 0 fully saturated rings. The van der Waals surface area contributed by atoms with Crippen molar-refractivity contribution < 1.29 is 17.9 Å². The molecule has 2 aromatic carbocycles. The van der Waals surface area contributed by atoms with Crippen LogP contribution in [0.4, 0.5) is 5.69 Å². The van der Waals surface area contributed by atoms with Crippen LogP contribution in [0.1, 0.15) is 16.8 Å². The van der Waals surface area contributed by atoms with Crippen LogP contribution < -0.4 is 10.5 Å². The summed E-state index contributed by atoms with van der Waals surface area (Å²) < 4.78 is 28.6. The minimum Gasteiger partial charge on any atom is -0.493 e. The van der Waals surface area contributed by atoms with Crippen molar-refractivity contribution >= 4 is 21.4 Å². The number of anilines is 1. The van der Waals surface area contributed by atoms with Crippen molar-refractivity contribution in [1.82, 2.24) is 4.90 Å². The van der Waals surface area contributed by atoms with E-state index in [1.165, 1.54) is 12.1 Å². The van der Waals surface area contributed by atoms with Crippen LogP contribution in [0, 0.1) is 0 Å². The summed E-state index contributed by atoms with van der Waals surface area (Å²) in [6.45, 7) is 0.869. The van der Waals surface area contributed by atoms with Crippen LogP contribution in [0.2, 0.25) is 0 Å². The number of ether oxygens (including phenoxy) is 1. The molecular weight excluding hydrogens is 340 g/mol. The molecule has 0 saturated heterocycles. The Bertz CT molecular complexity index is 850. The first-order valence-corrected chi connectivity index (χ1v) is 9.71. The summed E-state index contributed by atoms with van der Waals surface area (Å²) in [4.78, 5) is 14.1. The van der Waals surface area contributed by atoms with Crippen molar-refractivity contribution in [3.8, 4) is 5.75 Å². The highest BCUT2D eigenvalue weighted by Crippen LogP contribution is 2.17. The number of rotatable bonds is 7. The maximum Gasteiger partial charge on any atom is 0.255 e. The Morgan fingerprint density at radius 2 is 1.88 bits per heavy atom. The molecule has 0 unspecified atom stereocenters. The molecule has 0 aliphatic rings. The minimum atomic E-state index is -3.26. The predicted octanol–water partition coefficient (Wildman–Crippen LogP) is 2.21.